The number of carbonyl (C=O) groups is 2. The summed E-state index contributed by atoms with van der Waals surface area (Å²) < 4.78 is 1.68. The minimum absolute atomic E-state index is 0.341. The van der Waals surface area contributed by atoms with E-state index in [-0.39, 0.29) is 5.91 Å². The number of nitrogens with two attached hydrogens (primary N) is 2. The van der Waals surface area contributed by atoms with Crippen LogP contribution in [0.2, 0.25) is 0 Å². The molecule has 2 rings (SSSR count). The Morgan fingerprint density at radius 1 is 1.33 bits per heavy atom. The molecule has 1 heterocycles. The minimum atomic E-state index is -0.523. The van der Waals surface area contributed by atoms with Crippen LogP contribution in [0.3, 0.4) is 0 Å². The summed E-state index contributed by atoms with van der Waals surface area (Å²) in [4.78, 5) is 22.9. The van der Waals surface area contributed by atoms with Crippen LogP contribution >= 0.6 is 0 Å². The quantitative estimate of drug-likeness (QED) is 0.412. The van der Waals surface area contributed by atoms with Crippen LogP contribution in [-0.4, -0.2) is 16.4 Å². The van der Waals surface area contributed by atoms with Gasteiger partial charge in [0, 0.05) is 17.1 Å². The molecule has 2 amide bonds. The zero-order valence-electron chi connectivity index (χ0n) is 9.88. The second kappa shape index (κ2) is 4.50. The first kappa shape index (κ1) is 12.1. The van der Waals surface area contributed by atoms with E-state index in [1.807, 2.05) is 18.2 Å². The number of hydrazine groups is 1. The van der Waals surface area contributed by atoms with Gasteiger partial charge in [0.1, 0.15) is 6.04 Å². The first-order chi connectivity index (χ1) is 8.56. The molecule has 18 heavy (non-hydrogen) atoms. The van der Waals surface area contributed by atoms with E-state index in [0.717, 1.165) is 10.9 Å². The number of amides is 2. The molecule has 0 fully saturated rings. The van der Waals surface area contributed by atoms with Gasteiger partial charge in [0.2, 0.25) is 0 Å². The van der Waals surface area contributed by atoms with E-state index in [9.17, 15) is 9.59 Å². The molecule has 1 unspecified atom stereocenters. The van der Waals surface area contributed by atoms with Crippen LogP contribution in [0.4, 0.5) is 0 Å². The number of nitrogens with one attached hydrogen (secondary N) is 1. The summed E-state index contributed by atoms with van der Waals surface area (Å²) in [5.41, 5.74) is 8.57. The normalized spacial score (nSPS) is 12.3. The Morgan fingerprint density at radius 2 is 2.00 bits per heavy atom. The number of carbonyl (C=O) groups excluding carboxylic acids is 2. The Bertz CT molecular complexity index is 618. The van der Waals surface area contributed by atoms with Crippen molar-refractivity contribution in [1.29, 1.82) is 0 Å². The highest BCUT2D eigenvalue weighted by Crippen LogP contribution is 2.24. The van der Waals surface area contributed by atoms with Gasteiger partial charge < -0.3 is 10.3 Å². The molecule has 0 radical (unpaired) electrons. The number of primary amides is 1. The molecule has 1 aromatic heterocycles. The summed E-state index contributed by atoms with van der Waals surface area (Å²) in [7, 11) is 0. The molecular formula is C12H14N4O2. The molecule has 0 aliphatic carbocycles. The third-order valence-electron chi connectivity index (χ3n) is 2.94. The Labute approximate surface area is 104 Å². The van der Waals surface area contributed by atoms with E-state index in [1.54, 1.807) is 23.8 Å². The first-order valence-electron chi connectivity index (χ1n) is 5.46. The average molecular weight is 246 g/mol. The molecule has 1 aromatic carbocycles. The highest BCUT2D eigenvalue weighted by atomic mass is 16.2. The third kappa shape index (κ3) is 1.82. The van der Waals surface area contributed by atoms with Gasteiger partial charge in [-0.2, -0.15) is 0 Å². The van der Waals surface area contributed by atoms with E-state index >= 15 is 0 Å². The molecule has 0 bridgehead atoms. The van der Waals surface area contributed by atoms with E-state index in [2.05, 4.69) is 5.43 Å². The van der Waals surface area contributed by atoms with Crippen molar-refractivity contribution in [3.05, 3.63) is 36.0 Å². The topological polar surface area (TPSA) is 103 Å². The second-order valence-electron chi connectivity index (χ2n) is 4.02. The predicted molar refractivity (Wildman–Crippen MR) is 67.5 cm³/mol. The SMILES string of the molecule is CC(C(=O)NN)n1cc(C(N)=O)c2ccccc21. The van der Waals surface area contributed by atoms with Crippen LogP contribution in [0.15, 0.2) is 30.5 Å². The van der Waals surface area contributed by atoms with Gasteiger partial charge in [-0.05, 0) is 13.0 Å². The fourth-order valence-electron chi connectivity index (χ4n) is 1.97. The van der Waals surface area contributed by atoms with Gasteiger partial charge in [0.05, 0.1) is 5.56 Å². The summed E-state index contributed by atoms with van der Waals surface area (Å²) in [6, 6.07) is 6.73. The van der Waals surface area contributed by atoms with Gasteiger partial charge >= 0.3 is 0 Å². The monoisotopic (exact) mass is 246 g/mol. The summed E-state index contributed by atoms with van der Waals surface area (Å²) in [5.74, 6) is 4.25. The van der Waals surface area contributed by atoms with Crippen LogP contribution in [0.25, 0.3) is 10.9 Å². The van der Waals surface area contributed by atoms with Crippen LogP contribution in [0, 0.1) is 0 Å². The van der Waals surface area contributed by atoms with Gasteiger partial charge in [-0.25, -0.2) is 5.84 Å². The zero-order chi connectivity index (χ0) is 13.3. The maximum atomic E-state index is 11.6. The van der Waals surface area contributed by atoms with Crippen molar-refractivity contribution in [2.24, 2.45) is 11.6 Å². The molecule has 1 atom stereocenters. The second-order valence-corrected chi connectivity index (χ2v) is 4.02. The van der Waals surface area contributed by atoms with Crippen molar-refractivity contribution in [2.45, 2.75) is 13.0 Å². The molecule has 0 aliphatic heterocycles. The fraction of sp³-hybridized carbons (Fsp3) is 0.167. The Hall–Kier alpha value is -2.34. The first-order valence-corrected chi connectivity index (χ1v) is 5.46. The van der Waals surface area contributed by atoms with Gasteiger partial charge in [0.15, 0.2) is 0 Å². The molecule has 0 saturated carbocycles. The maximum absolute atomic E-state index is 11.6. The van der Waals surface area contributed by atoms with Crippen molar-refractivity contribution in [3.8, 4) is 0 Å². The molecule has 6 nitrogen and oxygen atoms in total. The van der Waals surface area contributed by atoms with Crippen LogP contribution in [0.5, 0.6) is 0 Å². The molecule has 5 N–H and O–H groups in total. The number of nitrogens with zero attached hydrogens (tertiary/aromatic N) is 1. The van der Waals surface area contributed by atoms with Crippen LogP contribution < -0.4 is 17.0 Å². The Kier molecular flexibility index (Phi) is 3.03. The van der Waals surface area contributed by atoms with E-state index in [0.29, 0.717) is 5.56 Å². The summed E-state index contributed by atoms with van der Waals surface area (Å²) in [5, 5.41) is 0.724. The van der Waals surface area contributed by atoms with Crippen LogP contribution in [-0.2, 0) is 4.79 Å². The third-order valence-corrected chi connectivity index (χ3v) is 2.94. The number of para-hydroxylation sites is 1. The lowest BCUT2D eigenvalue weighted by Gasteiger charge is -2.12. The van der Waals surface area contributed by atoms with E-state index < -0.39 is 11.9 Å². The Balaban J connectivity index is 2.65. The van der Waals surface area contributed by atoms with Gasteiger partial charge in [-0.1, -0.05) is 18.2 Å². The summed E-state index contributed by atoms with van der Waals surface area (Å²) >= 11 is 0. The van der Waals surface area contributed by atoms with Crippen molar-refractivity contribution in [3.63, 3.8) is 0 Å². The number of aromatic nitrogens is 1. The molecule has 6 heteroatoms. The highest BCUT2D eigenvalue weighted by molar-refractivity contribution is 6.06. The van der Waals surface area contributed by atoms with Crippen molar-refractivity contribution in [1.82, 2.24) is 9.99 Å². The van der Waals surface area contributed by atoms with Crippen molar-refractivity contribution in [2.75, 3.05) is 0 Å². The minimum Gasteiger partial charge on any atom is -0.366 e. The van der Waals surface area contributed by atoms with Gasteiger partial charge in [-0.15, -0.1) is 0 Å². The fourth-order valence-corrected chi connectivity index (χ4v) is 1.97. The largest absolute Gasteiger partial charge is 0.366 e. The lowest BCUT2D eigenvalue weighted by molar-refractivity contribution is -0.123. The summed E-state index contributed by atoms with van der Waals surface area (Å²) in [6.07, 6.45) is 1.58. The number of rotatable bonds is 3. The standard InChI is InChI=1S/C12H14N4O2/c1-7(12(18)15-14)16-6-9(11(13)17)8-4-2-3-5-10(8)16/h2-7H,14H2,1H3,(H2,13,17)(H,15,18). The molecule has 0 aliphatic rings. The number of hydrogen-bond donors (Lipinski definition) is 3. The van der Waals surface area contributed by atoms with Gasteiger partial charge in [0.25, 0.3) is 11.8 Å². The molecule has 2 aromatic rings. The molecule has 0 saturated heterocycles. The number of fused-ring (bicyclic) bond motifs is 1. The Morgan fingerprint density at radius 3 is 2.61 bits per heavy atom. The maximum Gasteiger partial charge on any atom is 0.256 e. The zero-order valence-corrected chi connectivity index (χ0v) is 9.88. The van der Waals surface area contributed by atoms with Gasteiger partial charge in [-0.3, -0.25) is 15.0 Å². The molecule has 0 spiro atoms. The smallest absolute Gasteiger partial charge is 0.256 e. The lowest BCUT2D eigenvalue weighted by Crippen LogP contribution is -2.35. The van der Waals surface area contributed by atoms with Crippen LogP contribution in [0.1, 0.15) is 23.3 Å². The number of benzene rings is 1. The highest BCUT2D eigenvalue weighted by Gasteiger charge is 2.19. The van der Waals surface area contributed by atoms with Crippen molar-refractivity contribution < 1.29 is 9.59 Å². The predicted octanol–water partition coefficient (Wildman–Crippen LogP) is 0.291. The van der Waals surface area contributed by atoms with Crippen molar-refractivity contribution >= 4 is 22.7 Å². The van der Waals surface area contributed by atoms with E-state index in [4.69, 9.17) is 11.6 Å². The number of hydrogen-bond acceptors (Lipinski definition) is 3. The summed E-state index contributed by atoms with van der Waals surface area (Å²) in [6.45, 7) is 1.69. The molecular weight excluding hydrogens is 232 g/mol. The lowest BCUT2D eigenvalue weighted by atomic mass is 10.2. The molecule has 94 valence electrons. The average Bonchev–Trinajstić information content (AvgIpc) is 2.76. The van der Waals surface area contributed by atoms with E-state index in [1.165, 1.54) is 0 Å².